The summed E-state index contributed by atoms with van der Waals surface area (Å²) in [5, 5.41) is 7.94. The highest BCUT2D eigenvalue weighted by atomic mass is 32.2. The Kier molecular flexibility index (Phi) is 4.44. The first-order valence-corrected chi connectivity index (χ1v) is 9.61. The van der Waals surface area contributed by atoms with Crippen LogP contribution < -0.4 is 0 Å². The highest BCUT2D eigenvalue weighted by molar-refractivity contribution is 7.89. The number of hydrogen-bond acceptors (Lipinski definition) is 6. The van der Waals surface area contributed by atoms with E-state index < -0.39 is 27.7 Å². The monoisotopic (exact) mass is 392 g/mol. The summed E-state index contributed by atoms with van der Waals surface area (Å²) in [6, 6.07) is 5.30. The van der Waals surface area contributed by atoms with Crippen LogP contribution in [0, 0.1) is 11.6 Å². The smallest absolute Gasteiger partial charge is 0.249 e. The molecule has 0 unspecified atom stereocenters. The minimum Gasteiger partial charge on any atom is -0.419 e. The maximum Gasteiger partial charge on any atom is 0.249 e. The fourth-order valence-corrected chi connectivity index (χ4v) is 4.69. The maximum absolute atomic E-state index is 13.5. The molecule has 1 aliphatic rings. The van der Waals surface area contributed by atoms with Crippen molar-refractivity contribution in [1.82, 2.24) is 19.5 Å². The van der Waals surface area contributed by atoms with Crippen molar-refractivity contribution in [2.24, 2.45) is 0 Å². The zero-order valence-corrected chi connectivity index (χ0v) is 14.7. The summed E-state index contributed by atoms with van der Waals surface area (Å²) in [5.74, 6) is -1.94. The second-order valence-corrected chi connectivity index (χ2v) is 7.93. The van der Waals surface area contributed by atoms with E-state index in [1.165, 1.54) is 4.31 Å². The lowest BCUT2D eigenvalue weighted by Gasteiger charge is -2.21. The van der Waals surface area contributed by atoms with Crippen molar-refractivity contribution in [3.8, 4) is 11.5 Å². The Morgan fingerprint density at radius 3 is 2.74 bits per heavy atom. The van der Waals surface area contributed by atoms with Crippen molar-refractivity contribution in [3.05, 3.63) is 60.3 Å². The van der Waals surface area contributed by atoms with Gasteiger partial charge in [-0.3, -0.25) is 4.98 Å². The summed E-state index contributed by atoms with van der Waals surface area (Å²) in [5.41, 5.74) is 0.615. The van der Waals surface area contributed by atoms with Gasteiger partial charge in [-0.2, -0.15) is 4.31 Å². The molecule has 1 fully saturated rings. The number of sulfonamides is 1. The third kappa shape index (κ3) is 3.21. The number of halogens is 2. The third-order valence-electron chi connectivity index (χ3n) is 4.34. The molecule has 0 radical (unpaired) electrons. The molecule has 0 spiro atoms. The molecule has 0 aliphatic carbocycles. The molecular weight excluding hydrogens is 378 g/mol. The Balaban J connectivity index is 1.66. The van der Waals surface area contributed by atoms with Gasteiger partial charge >= 0.3 is 0 Å². The van der Waals surface area contributed by atoms with Gasteiger partial charge in [0.1, 0.15) is 6.04 Å². The number of pyridine rings is 1. The van der Waals surface area contributed by atoms with E-state index in [2.05, 4.69) is 15.2 Å². The molecule has 3 aromatic rings. The lowest BCUT2D eigenvalue weighted by molar-refractivity contribution is 0.332. The van der Waals surface area contributed by atoms with E-state index in [0.717, 1.165) is 12.1 Å². The van der Waals surface area contributed by atoms with Crippen molar-refractivity contribution in [1.29, 1.82) is 0 Å². The van der Waals surface area contributed by atoms with Crippen molar-refractivity contribution >= 4 is 10.0 Å². The first kappa shape index (κ1) is 17.7. The van der Waals surface area contributed by atoms with Crippen LogP contribution in [0.5, 0.6) is 0 Å². The molecular formula is C17H14F2N4O3S. The summed E-state index contributed by atoms with van der Waals surface area (Å²) in [6.45, 7) is 0.219. The van der Waals surface area contributed by atoms with Crippen molar-refractivity contribution < 1.29 is 21.6 Å². The zero-order valence-electron chi connectivity index (χ0n) is 13.9. The minimum atomic E-state index is -4.04. The van der Waals surface area contributed by atoms with E-state index in [4.69, 9.17) is 4.42 Å². The molecule has 4 rings (SSSR count). The molecule has 2 aromatic heterocycles. The molecule has 1 atom stereocenters. The van der Waals surface area contributed by atoms with Crippen LogP contribution >= 0.6 is 0 Å². The second-order valence-electron chi connectivity index (χ2n) is 6.04. The third-order valence-corrected chi connectivity index (χ3v) is 6.24. The largest absolute Gasteiger partial charge is 0.419 e. The maximum atomic E-state index is 13.5. The quantitative estimate of drug-likeness (QED) is 0.678. The summed E-state index contributed by atoms with van der Waals surface area (Å²) < 4.78 is 59.3. The minimum absolute atomic E-state index is 0.150. The molecule has 0 amide bonds. The Hall–Kier alpha value is -2.72. The van der Waals surface area contributed by atoms with Gasteiger partial charge in [0, 0.05) is 18.9 Å². The van der Waals surface area contributed by atoms with Crippen LogP contribution in [0.2, 0.25) is 0 Å². The number of nitrogens with zero attached hydrogens (tertiary/aromatic N) is 4. The second kappa shape index (κ2) is 6.78. The topological polar surface area (TPSA) is 89.2 Å². The van der Waals surface area contributed by atoms with E-state index in [9.17, 15) is 17.2 Å². The van der Waals surface area contributed by atoms with Gasteiger partial charge in [-0.1, -0.05) is 0 Å². The lowest BCUT2D eigenvalue weighted by atomic mass is 10.2. The van der Waals surface area contributed by atoms with Gasteiger partial charge in [-0.05, 0) is 43.2 Å². The van der Waals surface area contributed by atoms with Gasteiger partial charge in [0.25, 0.3) is 0 Å². The normalized spacial score (nSPS) is 18.1. The number of benzene rings is 1. The van der Waals surface area contributed by atoms with Crippen LogP contribution in [0.3, 0.4) is 0 Å². The summed E-state index contributed by atoms with van der Waals surface area (Å²) in [6.07, 6.45) is 4.23. The van der Waals surface area contributed by atoms with Crippen molar-refractivity contribution in [2.45, 2.75) is 23.8 Å². The van der Waals surface area contributed by atoms with E-state index in [0.29, 0.717) is 24.5 Å². The fraction of sp³-hybridized carbons (Fsp3) is 0.235. The van der Waals surface area contributed by atoms with Crippen LogP contribution in [0.4, 0.5) is 8.78 Å². The molecule has 140 valence electrons. The Morgan fingerprint density at radius 1 is 1.15 bits per heavy atom. The fourth-order valence-electron chi connectivity index (χ4n) is 3.02. The van der Waals surface area contributed by atoms with Crippen LogP contribution in [0.25, 0.3) is 11.5 Å². The van der Waals surface area contributed by atoms with Crippen molar-refractivity contribution in [3.63, 3.8) is 0 Å². The first-order valence-electron chi connectivity index (χ1n) is 8.17. The van der Waals surface area contributed by atoms with E-state index in [1.54, 1.807) is 24.5 Å². The molecule has 10 heteroatoms. The van der Waals surface area contributed by atoms with Gasteiger partial charge in [0.2, 0.25) is 21.8 Å². The number of aromatic nitrogens is 3. The summed E-state index contributed by atoms with van der Waals surface area (Å²) in [4.78, 5) is 3.66. The SMILES string of the molecule is O=S(=O)(c1ccc(F)c(F)c1)N1CCC[C@@H]1c1nnc(-c2cccnc2)o1. The van der Waals surface area contributed by atoms with E-state index in [-0.39, 0.29) is 23.2 Å². The van der Waals surface area contributed by atoms with Gasteiger partial charge in [0.15, 0.2) is 11.6 Å². The Labute approximate surface area is 153 Å². The molecule has 0 saturated carbocycles. The first-order chi connectivity index (χ1) is 13.0. The Bertz CT molecular complexity index is 1070. The van der Waals surface area contributed by atoms with E-state index >= 15 is 0 Å². The van der Waals surface area contributed by atoms with Crippen molar-refractivity contribution in [2.75, 3.05) is 6.54 Å². The van der Waals surface area contributed by atoms with Crippen LogP contribution in [0.1, 0.15) is 24.8 Å². The summed E-state index contributed by atoms with van der Waals surface area (Å²) in [7, 11) is -4.04. The van der Waals surface area contributed by atoms with Crippen LogP contribution in [0.15, 0.2) is 52.0 Å². The molecule has 1 saturated heterocycles. The highest BCUT2D eigenvalue weighted by Crippen LogP contribution is 2.37. The molecule has 7 nitrogen and oxygen atoms in total. The molecule has 0 N–H and O–H groups in total. The Morgan fingerprint density at radius 2 is 2.00 bits per heavy atom. The molecule has 1 aliphatic heterocycles. The lowest BCUT2D eigenvalue weighted by Crippen LogP contribution is -2.31. The zero-order chi connectivity index (χ0) is 19.0. The molecule has 27 heavy (non-hydrogen) atoms. The highest BCUT2D eigenvalue weighted by Gasteiger charge is 2.39. The average Bonchev–Trinajstić information content (AvgIpc) is 3.34. The summed E-state index contributed by atoms with van der Waals surface area (Å²) >= 11 is 0. The predicted molar refractivity (Wildman–Crippen MR) is 89.8 cm³/mol. The average molecular weight is 392 g/mol. The van der Waals surface area contributed by atoms with Gasteiger partial charge in [0.05, 0.1) is 10.5 Å². The number of hydrogen-bond donors (Lipinski definition) is 0. The molecule has 0 bridgehead atoms. The predicted octanol–water partition coefficient (Wildman–Crippen LogP) is 2.94. The number of rotatable bonds is 4. The molecule has 1 aromatic carbocycles. The van der Waals surface area contributed by atoms with Crippen LogP contribution in [-0.4, -0.2) is 34.4 Å². The standard InChI is InChI=1S/C17H14F2N4O3S/c18-13-6-5-12(9-14(13)19)27(24,25)23-8-2-4-15(23)17-22-21-16(26-17)11-3-1-7-20-10-11/h1,3,5-7,9-10,15H,2,4,8H2/t15-/m1/s1. The van der Waals surface area contributed by atoms with E-state index in [1.807, 2.05) is 0 Å². The molecule has 3 heterocycles. The van der Waals surface area contributed by atoms with Gasteiger partial charge in [-0.25, -0.2) is 17.2 Å². The van der Waals surface area contributed by atoms with Gasteiger partial charge in [-0.15, -0.1) is 10.2 Å². The van der Waals surface area contributed by atoms with Gasteiger partial charge < -0.3 is 4.42 Å². The van der Waals surface area contributed by atoms with Crippen LogP contribution in [-0.2, 0) is 10.0 Å².